The molecule has 1 aliphatic rings. The molecular weight excluding hydrogens is 417 g/mol. The molecule has 0 amide bonds. The highest BCUT2D eigenvalue weighted by Gasteiger charge is 2.28. The summed E-state index contributed by atoms with van der Waals surface area (Å²) in [6.07, 6.45) is 4.06. The van der Waals surface area contributed by atoms with Gasteiger partial charge in [-0.15, -0.1) is 24.0 Å². The number of furan rings is 1. The molecule has 1 aromatic rings. The van der Waals surface area contributed by atoms with Crippen LogP contribution in [0.2, 0.25) is 0 Å². The van der Waals surface area contributed by atoms with Crippen LogP contribution in [0.4, 0.5) is 0 Å². The van der Waals surface area contributed by atoms with E-state index in [2.05, 4.69) is 36.0 Å². The number of likely N-dealkylation sites (tertiary alicyclic amines) is 1. The Morgan fingerprint density at radius 2 is 2.29 bits per heavy atom. The number of rotatable bonds is 6. The first-order valence-corrected chi connectivity index (χ1v) is 8.72. The molecule has 1 aromatic heterocycles. The first-order chi connectivity index (χ1) is 10.9. The summed E-state index contributed by atoms with van der Waals surface area (Å²) in [6, 6.07) is 3.58. The van der Waals surface area contributed by atoms with Crippen molar-refractivity contribution in [3.63, 3.8) is 0 Å². The van der Waals surface area contributed by atoms with Gasteiger partial charge < -0.3 is 19.7 Å². The summed E-state index contributed by atoms with van der Waals surface area (Å²) in [5.74, 6) is 2.92. The fourth-order valence-electron chi connectivity index (χ4n) is 3.20. The highest BCUT2D eigenvalue weighted by molar-refractivity contribution is 14.0. The molecule has 0 spiro atoms. The summed E-state index contributed by atoms with van der Waals surface area (Å²) in [6.45, 7) is 11.6. The third-order valence-electron chi connectivity index (χ3n) is 4.31. The average Bonchev–Trinajstić information content (AvgIpc) is 3.14. The second kappa shape index (κ2) is 9.65. The lowest BCUT2D eigenvalue weighted by Gasteiger charge is -2.24. The molecule has 0 bridgehead atoms. The molecule has 2 heterocycles. The van der Waals surface area contributed by atoms with Gasteiger partial charge in [0.1, 0.15) is 11.4 Å². The number of hydrogen-bond acceptors (Lipinski definition) is 3. The number of aliphatic imine (C=N–C) groups is 1. The molecule has 1 aliphatic heterocycles. The summed E-state index contributed by atoms with van der Waals surface area (Å²) in [5, 5.41) is 13.9. The standard InChI is InChI=1S/C18H31N3O2.HI/c1-5-19-17(21-9-8-15(12-21)11-14(2)3)20-13-18(4,22)16-7-6-10-23-16;/h6-7,10,14-15,22H,5,8-9,11-13H2,1-4H3,(H,19,20);1H. The van der Waals surface area contributed by atoms with Crippen molar-refractivity contribution < 1.29 is 9.52 Å². The molecule has 0 aliphatic carbocycles. The lowest BCUT2D eigenvalue weighted by Crippen LogP contribution is -2.41. The summed E-state index contributed by atoms with van der Waals surface area (Å²) in [5.41, 5.74) is -1.08. The van der Waals surface area contributed by atoms with Crippen molar-refractivity contribution in [3.05, 3.63) is 24.2 Å². The largest absolute Gasteiger partial charge is 0.466 e. The van der Waals surface area contributed by atoms with Gasteiger partial charge in [-0.25, -0.2) is 4.99 Å². The normalized spacial score (nSPS) is 20.8. The fraction of sp³-hybridized carbons (Fsp3) is 0.722. The van der Waals surface area contributed by atoms with Crippen LogP contribution < -0.4 is 5.32 Å². The summed E-state index contributed by atoms with van der Waals surface area (Å²) in [7, 11) is 0. The molecule has 0 saturated carbocycles. The number of hydrogen-bond donors (Lipinski definition) is 2. The zero-order valence-electron chi connectivity index (χ0n) is 15.3. The molecule has 0 radical (unpaired) electrons. The van der Waals surface area contributed by atoms with Crippen molar-refractivity contribution in [1.29, 1.82) is 0 Å². The van der Waals surface area contributed by atoms with E-state index in [0.717, 1.165) is 37.4 Å². The van der Waals surface area contributed by atoms with Crippen LogP contribution >= 0.6 is 24.0 Å². The van der Waals surface area contributed by atoms with E-state index < -0.39 is 5.60 Å². The Kier molecular flexibility index (Phi) is 8.56. The Bertz CT molecular complexity index is 500. The van der Waals surface area contributed by atoms with Crippen LogP contribution in [0.3, 0.4) is 0 Å². The molecule has 2 atom stereocenters. The summed E-state index contributed by atoms with van der Waals surface area (Å²) < 4.78 is 5.32. The van der Waals surface area contributed by atoms with E-state index in [1.807, 2.05) is 0 Å². The molecule has 5 nitrogen and oxygen atoms in total. The van der Waals surface area contributed by atoms with E-state index in [0.29, 0.717) is 5.76 Å². The monoisotopic (exact) mass is 449 g/mol. The molecule has 0 aromatic carbocycles. The Morgan fingerprint density at radius 3 is 2.88 bits per heavy atom. The predicted molar refractivity (Wildman–Crippen MR) is 109 cm³/mol. The minimum atomic E-state index is -1.08. The number of nitrogens with zero attached hydrogens (tertiary/aromatic N) is 2. The van der Waals surface area contributed by atoms with Gasteiger partial charge in [-0.1, -0.05) is 13.8 Å². The van der Waals surface area contributed by atoms with E-state index in [-0.39, 0.29) is 30.5 Å². The van der Waals surface area contributed by atoms with Gasteiger partial charge in [0, 0.05) is 19.6 Å². The maximum atomic E-state index is 10.6. The molecule has 1 fully saturated rings. The Labute approximate surface area is 162 Å². The lowest BCUT2D eigenvalue weighted by atomic mass is 9.97. The first-order valence-electron chi connectivity index (χ1n) is 8.72. The van der Waals surface area contributed by atoms with Crippen LogP contribution in [0.5, 0.6) is 0 Å². The Balaban J connectivity index is 0.00000288. The van der Waals surface area contributed by atoms with Gasteiger partial charge in [0.2, 0.25) is 0 Å². The summed E-state index contributed by atoms with van der Waals surface area (Å²) >= 11 is 0. The van der Waals surface area contributed by atoms with Gasteiger partial charge >= 0.3 is 0 Å². The molecule has 2 N–H and O–H groups in total. The highest BCUT2D eigenvalue weighted by Crippen LogP contribution is 2.24. The number of halogens is 1. The van der Waals surface area contributed by atoms with Crippen molar-refractivity contribution in [2.24, 2.45) is 16.8 Å². The van der Waals surface area contributed by atoms with Crippen LogP contribution in [0, 0.1) is 11.8 Å². The number of guanidine groups is 1. The second-order valence-corrected chi connectivity index (χ2v) is 7.15. The van der Waals surface area contributed by atoms with Crippen LogP contribution in [-0.4, -0.2) is 42.1 Å². The smallest absolute Gasteiger partial charge is 0.194 e. The molecular formula is C18H32IN3O2. The maximum absolute atomic E-state index is 10.6. The topological polar surface area (TPSA) is 61.0 Å². The molecule has 2 unspecified atom stereocenters. The van der Waals surface area contributed by atoms with Gasteiger partial charge in [0.15, 0.2) is 5.96 Å². The minimum Gasteiger partial charge on any atom is -0.466 e. The zero-order valence-corrected chi connectivity index (χ0v) is 17.6. The van der Waals surface area contributed by atoms with E-state index in [9.17, 15) is 5.11 Å². The number of aliphatic hydroxyl groups is 1. The van der Waals surface area contributed by atoms with Crippen molar-refractivity contribution >= 4 is 29.9 Å². The van der Waals surface area contributed by atoms with Gasteiger partial charge in [0.25, 0.3) is 0 Å². The van der Waals surface area contributed by atoms with Crippen LogP contribution in [0.25, 0.3) is 0 Å². The van der Waals surface area contributed by atoms with Crippen LogP contribution in [-0.2, 0) is 5.60 Å². The van der Waals surface area contributed by atoms with Crippen LogP contribution in [0.15, 0.2) is 27.8 Å². The van der Waals surface area contributed by atoms with Crippen molar-refractivity contribution in [3.8, 4) is 0 Å². The zero-order chi connectivity index (χ0) is 16.9. The van der Waals surface area contributed by atoms with E-state index in [1.54, 1.807) is 25.3 Å². The Morgan fingerprint density at radius 1 is 1.54 bits per heavy atom. The van der Waals surface area contributed by atoms with Crippen molar-refractivity contribution in [2.45, 2.75) is 46.1 Å². The maximum Gasteiger partial charge on any atom is 0.194 e. The third kappa shape index (κ3) is 5.95. The SMILES string of the molecule is CCNC(=NCC(C)(O)c1ccco1)N1CCC(CC(C)C)C1.I. The molecule has 138 valence electrons. The van der Waals surface area contributed by atoms with Gasteiger partial charge in [-0.2, -0.15) is 0 Å². The van der Waals surface area contributed by atoms with E-state index in [1.165, 1.54) is 12.8 Å². The predicted octanol–water partition coefficient (Wildman–Crippen LogP) is 3.44. The van der Waals surface area contributed by atoms with E-state index in [4.69, 9.17) is 4.42 Å². The van der Waals surface area contributed by atoms with Crippen molar-refractivity contribution in [2.75, 3.05) is 26.2 Å². The van der Waals surface area contributed by atoms with Gasteiger partial charge in [-0.05, 0) is 50.7 Å². The molecule has 24 heavy (non-hydrogen) atoms. The van der Waals surface area contributed by atoms with Gasteiger partial charge in [-0.3, -0.25) is 0 Å². The second-order valence-electron chi connectivity index (χ2n) is 7.15. The fourth-order valence-corrected chi connectivity index (χ4v) is 3.20. The van der Waals surface area contributed by atoms with Crippen LogP contribution in [0.1, 0.15) is 46.3 Å². The summed E-state index contributed by atoms with van der Waals surface area (Å²) in [4.78, 5) is 6.97. The molecule has 1 saturated heterocycles. The lowest BCUT2D eigenvalue weighted by molar-refractivity contribution is 0.0435. The highest BCUT2D eigenvalue weighted by atomic mass is 127. The van der Waals surface area contributed by atoms with Gasteiger partial charge in [0.05, 0.1) is 12.8 Å². The number of nitrogens with one attached hydrogen (secondary N) is 1. The van der Waals surface area contributed by atoms with E-state index >= 15 is 0 Å². The average molecular weight is 449 g/mol. The Hall–Kier alpha value is -0.760. The molecule has 6 heteroatoms. The van der Waals surface area contributed by atoms with Crippen molar-refractivity contribution in [1.82, 2.24) is 10.2 Å². The minimum absolute atomic E-state index is 0. The first kappa shape index (κ1) is 21.3. The quantitative estimate of drug-likeness (QED) is 0.397. The third-order valence-corrected chi connectivity index (χ3v) is 4.31. The molecule has 2 rings (SSSR count).